The number of hydrazine groups is 1. The van der Waals surface area contributed by atoms with Crippen molar-refractivity contribution in [1.29, 1.82) is 0 Å². The summed E-state index contributed by atoms with van der Waals surface area (Å²) in [5, 5.41) is 6.89. The molecule has 11 heavy (non-hydrogen) atoms. The zero-order valence-electron chi connectivity index (χ0n) is 5.90. The topological polar surface area (TPSA) is 75.3 Å². The average Bonchev–Trinajstić information content (AvgIpc) is 2.08. The first kappa shape index (κ1) is 9.45. The van der Waals surface area contributed by atoms with Gasteiger partial charge in [0.25, 0.3) is 6.47 Å². The molecule has 1 rings (SSSR count). The highest BCUT2D eigenvalue weighted by molar-refractivity contribution is 5.40. The Hall–Kier alpha value is -1.55. The summed E-state index contributed by atoms with van der Waals surface area (Å²) in [6.07, 6.45) is 0. The Labute approximate surface area is 64.6 Å². The zero-order valence-corrected chi connectivity index (χ0v) is 5.90. The molecule has 0 heterocycles. The molecule has 60 valence electrons. The summed E-state index contributed by atoms with van der Waals surface area (Å²) in [4.78, 5) is 8.36. The van der Waals surface area contributed by atoms with Crippen LogP contribution in [0.3, 0.4) is 0 Å². The molecule has 4 nitrogen and oxygen atoms in total. The fraction of sp³-hybridized carbons (Fsp3) is 0. The number of para-hydroxylation sites is 1. The van der Waals surface area contributed by atoms with Crippen LogP contribution in [-0.4, -0.2) is 11.6 Å². The second-order valence-electron chi connectivity index (χ2n) is 1.62. The molecule has 0 bridgehead atoms. The van der Waals surface area contributed by atoms with Crippen LogP contribution >= 0.6 is 0 Å². The van der Waals surface area contributed by atoms with E-state index in [9.17, 15) is 0 Å². The minimum absolute atomic E-state index is 0.250. The van der Waals surface area contributed by atoms with Gasteiger partial charge in [0.2, 0.25) is 0 Å². The third-order valence-corrected chi connectivity index (χ3v) is 0.940. The summed E-state index contributed by atoms with van der Waals surface area (Å²) in [5.74, 6) is 5.10. The van der Waals surface area contributed by atoms with Crippen molar-refractivity contribution in [3.8, 4) is 0 Å². The maximum atomic E-state index is 8.36. The first-order valence-corrected chi connectivity index (χ1v) is 2.94. The molecular formula is C7H10N2O2. The lowest BCUT2D eigenvalue weighted by atomic mass is 10.3. The number of carboxylic acid groups (broad SMARTS) is 1. The van der Waals surface area contributed by atoms with Gasteiger partial charge in [0.15, 0.2) is 0 Å². The van der Waals surface area contributed by atoms with E-state index < -0.39 is 0 Å². The van der Waals surface area contributed by atoms with Crippen molar-refractivity contribution in [1.82, 2.24) is 0 Å². The Morgan fingerprint density at radius 3 is 2.09 bits per heavy atom. The van der Waals surface area contributed by atoms with E-state index in [1.165, 1.54) is 0 Å². The summed E-state index contributed by atoms with van der Waals surface area (Å²) in [6.45, 7) is -0.250. The van der Waals surface area contributed by atoms with E-state index in [4.69, 9.17) is 15.7 Å². The van der Waals surface area contributed by atoms with Gasteiger partial charge in [-0.1, -0.05) is 18.2 Å². The molecule has 0 aromatic heterocycles. The number of rotatable bonds is 1. The van der Waals surface area contributed by atoms with Crippen molar-refractivity contribution in [2.45, 2.75) is 0 Å². The second kappa shape index (κ2) is 6.57. The van der Waals surface area contributed by atoms with Gasteiger partial charge in [0, 0.05) is 5.69 Å². The lowest BCUT2D eigenvalue weighted by Gasteiger charge is -1.94. The van der Waals surface area contributed by atoms with E-state index >= 15 is 0 Å². The van der Waals surface area contributed by atoms with Gasteiger partial charge >= 0.3 is 0 Å². The fourth-order valence-electron chi connectivity index (χ4n) is 0.534. The molecule has 1 aromatic rings. The highest BCUT2D eigenvalue weighted by Gasteiger charge is 1.78. The number of hydrogen-bond acceptors (Lipinski definition) is 3. The van der Waals surface area contributed by atoms with E-state index in [1.54, 1.807) is 0 Å². The quantitative estimate of drug-likeness (QED) is 0.316. The van der Waals surface area contributed by atoms with Gasteiger partial charge in [-0.15, -0.1) is 0 Å². The van der Waals surface area contributed by atoms with Crippen LogP contribution in [0.4, 0.5) is 5.69 Å². The van der Waals surface area contributed by atoms with Gasteiger partial charge in [0.05, 0.1) is 0 Å². The smallest absolute Gasteiger partial charge is 0.290 e. The molecule has 0 amide bonds. The van der Waals surface area contributed by atoms with Crippen molar-refractivity contribution in [2.24, 2.45) is 5.84 Å². The SMILES string of the molecule is NNc1ccccc1.O=CO. The second-order valence-corrected chi connectivity index (χ2v) is 1.62. The third-order valence-electron chi connectivity index (χ3n) is 0.940. The Kier molecular flexibility index (Phi) is 5.64. The summed E-state index contributed by atoms with van der Waals surface area (Å²) < 4.78 is 0. The van der Waals surface area contributed by atoms with Crippen LogP contribution in [0.1, 0.15) is 0 Å². The molecule has 4 N–H and O–H groups in total. The van der Waals surface area contributed by atoms with Gasteiger partial charge < -0.3 is 10.5 Å². The molecule has 0 saturated carbocycles. The van der Waals surface area contributed by atoms with E-state index in [0.717, 1.165) is 5.69 Å². The van der Waals surface area contributed by atoms with Crippen LogP contribution in [0.2, 0.25) is 0 Å². The lowest BCUT2D eigenvalue weighted by molar-refractivity contribution is -0.122. The third kappa shape index (κ3) is 4.92. The molecule has 0 fully saturated rings. The van der Waals surface area contributed by atoms with Crippen LogP contribution < -0.4 is 11.3 Å². The Morgan fingerprint density at radius 2 is 1.82 bits per heavy atom. The molecule has 0 spiro atoms. The van der Waals surface area contributed by atoms with Crippen molar-refractivity contribution in [3.05, 3.63) is 30.3 Å². The number of anilines is 1. The molecule has 0 unspecified atom stereocenters. The number of nitrogens with one attached hydrogen (secondary N) is 1. The van der Waals surface area contributed by atoms with Crippen LogP contribution in [0.25, 0.3) is 0 Å². The zero-order chi connectivity index (χ0) is 8.53. The molecule has 0 aliphatic heterocycles. The van der Waals surface area contributed by atoms with E-state index in [0.29, 0.717) is 0 Å². The van der Waals surface area contributed by atoms with E-state index in [1.807, 2.05) is 30.3 Å². The average molecular weight is 154 g/mol. The molecule has 0 radical (unpaired) electrons. The number of hydrogen-bond donors (Lipinski definition) is 3. The first-order chi connectivity index (χ1) is 5.35. The summed E-state index contributed by atoms with van der Waals surface area (Å²) in [5.41, 5.74) is 3.46. The van der Waals surface area contributed by atoms with Crippen molar-refractivity contribution < 1.29 is 9.90 Å². The summed E-state index contributed by atoms with van der Waals surface area (Å²) in [7, 11) is 0. The number of nitrogens with two attached hydrogens (primary N) is 1. The molecule has 0 saturated heterocycles. The summed E-state index contributed by atoms with van der Waals surface area (Å²) >= 11 is 0. The fourth-order valence-corrected chi connectivity index (χ4v) is 0.534. The number of benzene rings is 1. The Balaban J connectivity index is 0.000000292. The molecular weight excluding hydrogens is 144 g/mol. The van der Waals surface area contributed by atoms with Gasteiger partial charge in [0.1, 0.15) is 0 Å². The minimum Gasteiger partial charge on any atom is -0.483 e. The van der Waals surface area contributed by atoms with Gasteiger partial charge in [-0.2, -0.15) is 0 Å². The maximum absolute atomic E-state index is 8.36. The van der Waals surface area contributed by atoms with Gasteiger partial charge in [-0.05, 0) is 12.1 Å². The van der Waals surface area contributed by atoms with Crippen LogP contribution in [0.15, 0.2) is 30.3 Å². The largest absolute Gasteiger partial charge is 0.483 e. The van der Waals surface area contributed by atoms with Crippen LogP contribution in [0.5, 0.6) is 0 Å². The Bertz CT molecular complexity index is 189. The molecule has 0 atom stereocenters. The molecule has 0 aliphatic carbocycles. The van der Waals surface area contributed by atoms with E-state index in [-0.39, 0.29) is 6.47 Å². The van der Waals surface area contributed by atoms with Crippen LogP contribution in [-0.2, 0) is 4.79 Å². The summed E-state index contributed by atoms with van der Waals surface area (Å²) in [6, 6.07) is 9.60. The van der Waals surface area contributed by atoms with Gasteiger partial charge in [-0.3, -0.25) is 10.6 Å². The lowest BCUT2D eigenvalue weighted by Crippen LogP contribution is -2.05. The predicted molar refractivity (Wildman–Crippen MR) is 42.9 cm³/mol. The normalized spacial score (nSPS) is 7.36. The van der Waals surface area contributed by atoms with Gasteiger partial charge in [-0.25, -0.2) is 0 Å². The van der Waals surface area contributed by atoms with E-state index in [2.05, 4.69) is 5.43 Å². The minimum atomic E-state index is -0.250. The van der Waals surface area contributed by atoms with Crippen molar-refractivity contribution in [3.63, 3.8) is 0 Å². The highest BCUT2D eigenvalue weighted by Crippen LogP contribution is 2.00. The van der Waals surface area contributed by atoms with Crippen LogP contribution in [0, 0.1) is 0 Å². The molecule has 4 heteroatoms. The predicted octanol–water partition coefficient (Wildman–Crippen LogP) is 0.673. The number of carbonyl (C=O) groups is 1. The number of nitrogen functional groups attached to an aromatic ring is 1. The molecule has 1 aromatic carbocycles. The molecule has 0 aliphatic rings. The highest BCUT2D eigenvalue weighted by atomic mass is 16.3. The Morgan fingerprint density at radius 1 is 1.36 bits per heavy atom. The van der Waals surface area contributed by atoms with Crippen molar-refractivity contribution >= 4 is 12.2 Å². The standard InChI is InChI=1S/C6H8N2.CH2O2/c7-8-6-4-2-1-3-5-6;2-1-3/h1-5,8H,7H2;1H,(H,2,3). The van der Waals surface area contributed by atoms with Crippen molar-refractivity contribution in [2.75, 3.05) is 5.43 Å². The maximum Gasteiger partial charge on any atom is 0.290 e. The first-order valence-electron chi connectivity index (χ1n) is 2.94. The monoisotopic (exact) mass is 154 g/mol.